The summed E-state index contributed by atoms with van der Waals surface area (Å²) in [6.07, 6.45) is 3.23. The van der Waals surface area contributed by atoms with Crippen molar-refractivity contribution in [2.75, 3.05) is 26.2 Å². The van der Waals surface area contributed by atoms with Crippen LogP contribution in [0.15, 0.2) is 0 Å². The smallest absolute Gasteiger partial charge is 0.308 e. The molecule has 4 saturated heterocycles. The van der Waals surface area contributed by atoms with Gasteiger partial charge in [0.15, 0.2) is 0 Å². The SMILES string of the molecule is O=C(O)C1CCC(=O)N(C2CN3CCC2CC3)C1. The Labute approximate surface area is 107 Å². The summed E-state index contributed by atoms with van der Waals surface area (Å²) in [7, 11) is 0. The van der Waals surface area contributed by atoms with E-state index in [2.05, 4.69) is 4.90 Å². The normalized spacial score (nSPS) is 40.0. The molecule has 0 aromatic carbocycles. The third-order valence-electron chi connectivity index (χ3n) is 4.82. The van der Waals surface area contributed by atoms with Crippen LogP contribution < -0.4 is 0 Å². The Morgan fingerprint density at radius 1 is 1.17 bits per heavy atom. The van der Waals surface area contributed by atoms with Crippen molar-refractivity contribution in [3.8, 4) is 0 Å². The maximum atomic E-state index is 12.1. The fourth-order valence-electron chi connectivity index (χ4n) is 3.68. The fraction of sp³-hybridized carbons (Fsp3) is 0.846. The van der Waals surface area contributed by atoms with E-state index in [4.69, 9.17) is 5.11 Å². The topological polar surface area (TPSA) is 60.9 Å². The van der Waals surface area contributed by atoms with Crippen LogP contribution in [-0.4, -0.2) is 59.0 Å². The van der Waals surface area contributed by atoms with E-state index in [0.29, 0.717) is 25.3 Å². The summed E-state index contributed by atoms with van der Waals surface area (Å²) >= 11 is 0. The van der Waals surface area contributed by atoms with Crippen LogP contribution in [0.1, 0.15) is 25.7 Å². The highest BCUT2D eigenvalue weighted by molar-refractivity contribution is 5.80. The first-order chi connectivity index (χ1) is 8.65. The molecule has 2 unspecified atom stereocenters. The zero-order valence-electron chi connectivity index (χ0n) is 10.5. The van der Waals surface area contributed by atoms with E-state index in [1.165, 1.54) is 0 Å². The van der Waals surface area contributed by atoms with Gasteiger partial charge >= 0.3 is 5.97 Å². The molecule has 4 aliphatic heterocycles. The third-order valence-corrected chi connectivity index (χ3v) is 4.82. The number of carboxylic acids is 1. The lowest BCUT2D eigenvalue weighted by Crippen LogP contribution is -2.60. The first kappa shape index (κ1) is 12.0. The van der Waals surface area contributed by atoms with Gasteiger partial charge in [0.1, 0.15) is 0 Å². The number of carbonyl (C=O) groups is 2. The molecule has 0 saturated carbocycles. The molecule has 4 aliphatic rings. The van der Waals surface area contributed by atoms with E-state index in [9.17, 15) is 9.59 Å². The number of piperidine rings is 4. The minimum Gasteiger partial charge on any atom is -0.481 e. The zero-order chi connectivity index (χ0) is 12.7. The first-order valence-corrected chi connectivity index (χ1v) is 6.90. The van der Waals surface area contributed by atoms with E-state index >= 15 is 0 Å². The van der Waals surface area contributed by atoms with Crippen molar-refractivity contribution in [2.45, 2.75) is 31.7 Å². The van der Waals surface area contributed by atoms with Crippen molar-refractivity contribution < 1.29 is 14.7 Å². The van der Waals surface area contributed by atoms with E-state index < -0.39 is 5.97 Å². The van der Waals surface area contributed by atoms with Crippen LogP contribution in [0, 0.1) is 11.8 Å². The molecule has 0 spiro atoms. The molecule has 4 rings (SSSR count). The van der Waals surface area contributed by atoms with E-state index in [0.717, 1.165) is 32.5 Å². The largest absolute Gasteiger partial charge is 0.481 e. The molecular formula is C13H20N2O3. The molecule has 0 aliphatic carbocycles. The van der Waals surface area contributed by atoms with Crippen molar-refractivity contribution in [1.82, 2.24) is 9.80 Å². The maximum Gasteiger partial charge on any atom is 0.308 e. The quantitative estimate of drug-likeness (QED) is 0.773. The molecule has 1 amide bonds. The Morgan fingerprint density at radius 3 is 2.44 bits per heavy atom. The second-order valence-electron chi connectivity index (χ2n) is 5.83. The van der Waals surface area contributed by atoms with Gasteiger partial charge in [-0.3, -0.25) is 9.59 Å². The van der Waals surface area contributed by atoms with Gasteiger partial charge in [-0.15, -0.1) is 0 Å². The van der Waals surface area contributed by atoms with Crippen molar-refractivity contribution in [2.24, 2.45) is 11.8 Å². The van der Waals surface area contributed by atoms with Crippen molar-refractivity contribution in [3.63, 3.8) is 0 Å². The maximum absolute atomic E-state index is 12.1. The van der Waals surface area contributed by atoms with Crippen LogP contribution in [0.5, 0.6) is 0 Å². The van der Waals surface area contributed by atoms with Gasteiger partial charge in [-0.25, -0.2) is 0 Å². The lowest BCUT2D eigenvalue weighted by molar-refractivity contribution is -0.151. The summed E-state index contributed by atoms with van der Waals surface area (Å²) in [6, 6.07) is 0.266. The minimum absolute atomic E-state index is 0.159. The molecule has 1 N–H and O–H groups in total. The van der Waals surface area contributed by atoms with Gasteiger partial charge in [0.05, 0.1) is 5.92 Å². The standard InChI is InChI=1S/C13H20N2O3/c16-12-2-1-10(13(17)18)7-15(12)11-8-14-5-3-9(11)4-6-14/h9-11H,1-8H2,(H,17,18). The second-order valence-corrected chi connectivity index (χ2v) is 5.83. The Balaban J connectivity index is 1.73. The molecule has 5 heteroatoms. The predicted octanol–water partition coefficient (Wildman–Crippen LogP) is 0.404. The van der Waals surface area contributed by atoms with Crippen LogP contribution in [0.25, 0.3) is 0 Å². The van der Waals surface area contributed by atoms with Crippen LogP contribution in [0.3, 0.4) is 0 Å². The number of amides is 1. The van der Waals surface area contributed by atoms with E-state index in [1.807, 2.05) is 4.90 Å². The Morgan fingerprint density at radius 2 is 1.89 bits per heavy atom. The summed E-state index contributed by atoms with van der Waals surface area (Å²) in [5.74, 6) is -0.371. The molecule has 4 fully saturated rings. The molecule has 4 heterocycles. The molecule has 2 atom stereocenters. The number of hydrogen-bond donors (Lipinski definition) is 1. The Kier molecular flexibility index (Phi) is 3.01. The monoisotopic (exact) mass is 252 g/mol. The summed E-state index contributed by atoms with van der Waals surface area (Å²) in [5, 5.41) is 9.12. The average molecular weight is 252 g/mol. The van der Waals surface area contributed by atoms with Gasteiger partial charge in [0, 0.05) is 25.6 Å². The first-order valence-electron chi connectivity index (χ1n) is 6.90. The molecule has 0 aromatic rings. The van der Waals surface area contributed by atoms with Crippen molar-refractivity contribution in [3.05, 3.63) is 0 Å². The molecule has 18 heavy (non-hydrogen) atoms. The molecule has 0 radical (unpaired) electrons. The van der Waals surface area contributed by atoms with Gasteiger partial charge in [-0.05, 0) is 38.3 Å². The lowest BCUT2D eigenvalue weighted by atomic mass is 9.81. The summed E-state index contributed by atoms with van der Waals surface area (Å²) in [4.78, 5) is 27.4. The number of hydrogen-bond acceptors (Lipinski definition) is 3. The van der Waals surface area contributed by atoms with Gasteiger partial charge in [-0.2, -0.15) is 0 Å². The van der Waals surface area contributed by atoms with Gasteiger partial charge in [0.2, 0.25) is 5.91 Å². The lowest BCUT2D eigenvalue weighted by Gasteiger charge is -2.50. The van der Waals surface area contributed by atoms with E-state index in [-0.39, 0.29) is 17.9 Å². The third kappa shape index (κ3) is 2.00. The number of carbonyl (C=O) groups excluding carboxylic acids is 1. The fourth-order valence-corrected chi connectivity index (χ4v) is 3.68. The predicted molar refractivity (Wildman–Crippen MR) is 65.0 cm³/mol. The summed E-state index contributed by atoms with van der Waals surface area (Å²) in [5.41, 5.74) is 0. The van der Waals surface area contributed by atoms with Crippen LogP contribution in [-0.2, 0) is 9.59 Å². The van der Waals surface area contributed by atoms with E-state index in [1.54, 1.807) is 0 Å². The highest BCUT2D eigenvalue weighted by Gasteiger charge is 2.42. The second kappa shape index (κ2) is 4.53. The number of nitrogens with zero attached hydrogens (tertiary/aromatic N) is 2. The summed E-state index contributed by atoms with van der Waals surface area (Å²) < 4.78 is 0. The summed E-state index contributed by atoms with van der Waals surface area (Å²) in [6.45, 7) is 3.66. The number of likely N-dealkylation sites (tertiary alicyclic amines) is 1. The molecule has 5 nitrogen and oxygen atoms in total. The van der Waals surface area contributed by atoms with Crippen LogP contribution in [0.4, 0.5) is 0 Å². The van der Waals surface area contributed by atoms with Gasteiger partial charge in [0.25, 0.3) is 0 Å². The number of carboxylic acid groups (broad SMARTS) is 1. The zero-order valence-corrected chi connectivity index (χ0v) is 10.5. The number of fused-ring (bicyclic) bond motifs is 3. The minimum atomic E-state index is -0.756. The Bertz CT molecular complexity index is 363. The van der Waals surface area contributed by atoms with Crippen LogP contribution >= 0.6 is 0 Å². The number of aliphatic carboxylic acids is 1. The highest BCUT2D eigenvalue weighted by atomic mass is 16.4. The van der Waals surface area contributed by atoms with Gasteiger partial charge < -0.3 is 14.9 Å². The number of rotatable bonds is 2. The molecule has 0 aromatic heterocycles. The average Bonchev–Trinajstić information content (AvgIpc) is 2.40. The molecular weight excluding hydrogens is 232 g/mol. The Hall–Kier alpha value is -1.10. The van der Waals surface area contributed by atoms with Gasteiger partial charge in [-0.1, -0.05) is 0 Å². The van der Waals surface area contributed by atoms with Crippen LogP contribution in [0.2, 0.25) is 0 Å². The molecule has 2 bridgehead atoms. The van der Waals surface area contributed by atoms with Crippen molar-refractivity contribution in [1.29, 1.82) is 0 Å². The van der Waals surface area contributed by atoms with Crippen molar-refractivity contribution >= 4 is 11.9 Å². The molecule has 100 valence electrons. The highest BCUT2D eigenvalue weighted by Crippen LogP contribution is 2.33.